The number of carbonyl (C=O) groups is 1. The predicted molar refractivity (Wildman–Crippen MR) is 86.3 cm³/mol. The molecule has 0 saturated carbocycles. The van der Waals surface area contributed by atoms with E-state index in [9.17, 15) is 4.79 Å². The van der Waals surface area contributed by atoms with Gasteiger partial charge in [-0.3, -0.25) is 4.79 Å². The van der Waals surface area contributed by atoms with Gasteiger partial charge in [0, 0.05) is 9.37 Å². The predicted octanol–water partition coefficient (Wildman–Crippen LogP) is 3.64. The van der Waals surface area contributed by atoms with Crippen LogP contribution in [0.15, 0.2) is 62.9 Å². The summed E-state index contributed by atoms with van der Waals surface area (Å²) < 4.78 is 0.960. The Kier molecular flexibility index (Phi) is 3.90. The lowest BCUT2D eigenvalue weighted by Crippen LogP contribution is -2.15. The molecule has 0 bridgehead atoms. The molecule has 0 atom stereocenters. The smallest absolute Gasteiger partial charge is 0.270 e. The first-order chi connectivity index (χ1) is 10.1. The van der Waals surface area contributed by atoms with E-state index in [1.807, 2.05) is 48.5 Å². The Morgan fingerprint density at radius 3 is 2.43 bits per heavy atom. The van der Waals surface area contributed by atoms with Crippen LogP contribution >= 0.6 is 27.7 Å². The second kappa shape index (κ2) is 5.83. The minimum atomic E-state index is -0.578. The maximum Gasteiger partial charge on any atom is 0.270 e. The van der Waals surface area contributed by atoms with E-state index in [1.165, 1.54) is 11.8 Å². The second-order valence-corrected chi connectivity index (χ2v) is 6.27. The van der Waals surface area contributed by atoms with Gasteiger partial charge >= 0.3 is 0 Å². The van der Waals surface area contributed by atoms with Gasteiger partial charge < -0.3 is 5.73 Å². The first kappa shape index (κ1) is 14.0. The maximum absolute atomic E-state index is 11.6. The van der Waals surface area contributed by atoms with Gasteiger partial charge in [0.25, 0.3) is 5.91 Å². The summed E-state index contributed by atoms with van der Waals surface area (Å²) in [4.78, 5) is 21.4. The molecule has 0 aliphatic heterocycles. The Morgan fingerprint density at radius 1 is 1.05 bits per heavy atom. The molecule has 0 fully saturated rings. The minimum absolute atomic E-state index is 0.193. The number of nitrogens with zero attached hydrogens (tertiary/aromatic N) is 2. The van der Waals surface area contributed by atoms with Gasteiger partial charge in [0.1, 0.15) is 5.03 Å². The number of hydrogen-bond acceptors (Lipinski definition) is 4. The molecule has 4 nitrogen and oxygen atoms in total. The van der Waals surface area contributed by atoms with Crippen LogP contribution in [0.3, 0.4) is 0 Å². The van der Waals surface area contributed by atoms with Gasteiger partial charge in [-0.1, -0.05) is 45.9 Å². The Balaban J connectivity index is 2.11. The quantitative estimate of drug-likeness (QED) is 0.774. The largest absolute Gasteiger partial charge is 0.364 e. The molecule has 21 heavy (non-hydrogen) atoms. The van der Waals surface area contributed by atoms with Gasteiger partial charge in [0.15, 0.2) is 5.69 Å². The molecule has 0 aliphatic carbocycles. The van der Waals surface area contributed by atoms with Crippen molar-refractivity contribution in [1.82, 2.24) is 9.97 Å². The van der Waals surface area contributed by atoms with Crippen LogP contribution < -0.4 is 5.73 Å². The van der Waals surface area contributed by atoms with Crippen molar-refractivity contribution in [2.75, 3.05) is 0 Å². The van der Waals surface area contributed by atoms with Crippen LogP contribution in [0.1, 0.15) is 10.5 Å². The highest BCUT2D eigenvalue weighted by Crippen LogP contribution is 2.30. The number of amides is 1. The molecular formula is C15H10BrN3OS. The number of fused-ring (bicyclic) bond motifs is 1. The van der Waals surface area contributed by atoms with E-state index in [-0.39, 0.29) is 5.69 Å². The van der Waals surface area contributed by atoms with Crippen LogP contribution in [-0.2, 0) is 0 Å². The average Bonchev–Trinajstić information content (AvgIpc) is 2.46. The van der Waals surface area contributed by atoms with Crippen molar-refractivity contribution in [3.8, 4) is 0 Å². The van der Waals surface area contributed by atoms with E-state index in [1.54, 1.807) is 0 Å². The highest BCUT2D eigenvalue weighted by atomic mass is 79.9. The van der Waals surface area contributed by atoms with Gasteiger partial charge in [-0.25, -0.2) is 9.97 Å². The molecule has 3 rings (SSSR count). The first-order valence-electron chi connectivity index (χ1n) is 6.13. The number of benzene rings is 2. The molecule has 0 radical (unpaired) electrons. The van der Waals surface area contributed by atoms with Crippen molar-refractivity contribution in [3.63, 3.8) is 0 Å². The highest BCUT2D eigenvalue weighted by molar-refractivity contribution is 9.10. The topological polar surface area (TPSA) is 68.9 Å². The number of primary amides is 1. The normalized spacial score (nSPS) is 10.7. The zero-order valence-electron chi connectivity index (χ0n) is 10.8. The van der Waals surface area contributed by atoms with Crippen molar-refractivity contribution in [1.29, 1.82) is 0 Å². The Hall–Kier alpha value is -1.92. The molecule has 6 heteroatoms. The Labute approximate surface area is 133 Å². The first-order valence-corrected chi connectivity index (χ1v) is 7.74. The van der Waals surface area contributed by atoms with Crippen LogP contribution in [0.2, 0.25) is 0 Å². The third-order valence-corrected chi connectivity index (χ3v) is 4.24. The van der Waals surface area contributed by atoms with Crippen molar-refractivity contribution < 1.29 is 4.79 Å². The van der Waals surface area contributed by atoms with Gasteiger partial charge in [-0.2, -0.15) is 0 Å². The number of para-hydroxylation sites is 2. The fraction of sp³-hybridized carbons (Fsp3) is 0. The number of aromatic nitrogens is 2. The number of rotatable bonds is 3. The molecule has 1 aromatic heterocycles. The lowest BCUT2D eigenvalue weighted by atomic mass is 10.3. The van der Waals surface area contributed by atoms with Crippen LogP contribution in [-0.4, -0.2) is 15.9 Å². The Bertz CT molecular complexity index is 838. The van der Waals surface area contributed by atoms with Crippen molar-refractivity contribution in [2.24, 2.45) is 5.73 Å². The van der Waals surface area contributed by atoms with E-state index in [4.69, 9.17) is 5.73 Å². The van der Waals surface area contributed by atoms with Crippen LogP contribution in [0.4, 0.5) is 0 Å². The molecule has 1 amide bonds. The molecule has 104 valence electrons. The summed E-state index contributed by atoms with van der Waals surface area (Å²) in [7, 11) is 0. The zero-order valence-corrected chi connectivity index (χ0v) is 13.2. The SMILES string of the molecule is NC(=O)c1nc2ccccc2nc1Sc1cccc(Br)c1. The highest BCUT2D eigenvalue weighted by Gasteiger charge is 2.15. The van der Waals surface area contributed by atoms with E-state index < -0.39 is 5.91 Å². The third kappa shape index (κ3) is 3.06. The lowest BCUT2D eigenvalue weighted by molar-refractivity contribution is 0.0992. The summed E-state index contributed by atoms with van der Waals surface area (Å²) in [5.41, 5.74) is 7.01. The molecular weight excluding hydrogens is 350 g/mol. The van der Waals surface area contributed by atoms with Crippen LogP contribution in [0.5, 0.6) is 0 Å². The van der Waals surface area contributed by atoms with Gasteiger partial charge in [-0.15, -0.1) is 0 Å². The summed E-state index contributed by atoms with van der Waals surface area (Å²) in [5.74, 6) is -0.578. The van der Waals surface area contributed by atoms with Gasteiger partial charge in [0.2, 0.25) is 0 Å². The fourth-order valence-electron chi connectivity index (χ4n) is 1.86. The minimum Gasteiger partial charge on any atom is -0.364 e. The average molecular weight is 360 g/mol. The third-order valence-electron chi connectivity index (χ3n) is 2.78. The summed E-state index contributed by atoms with van der Waals surface area (Å²) in [6.45, 7) is 0. The summed E-state index contributed by atoms with van der Waals surface area (Å²) in [6.07, 6.45) is 0. The van der Waals surface area contributed by atoms with Crippen LogP contribution in [0.25, 0.3) is 11.0 Å². The van der Waals surface area contributed by atoms with E-state index in [2.05, 4.69) is 25.9 Å². The van der Waals surface area contributed by atoms with E-state index >= 15 is 0 Å². The summed E-state index contributed by atoms with van der Waals surface area (Å²) in [5, 5.41) is 0.513. The molecule has 0 saturated heterocycles. The van der Waals surface area contributed by atoms with Gasteiger partial charge in [0.05, 0.1) is 11.0 Å². The number of nitrogens with two attached hydrogens (primary N) is 1. The fourth-order valence-corrected chi connectivity index (χ4v) is 3.35. The zero-order chi connectivity index (χ0) is 14.8. The Morgan fingerprint density at radius 2 is 1.76 bits per heavy atom. The maximum atomic E-state index is 11.6. The number of halogens is 1. The van der Waals surface area contributed by atoms with Crippen molar-refractivity contribution in [3.05, 3.63) is 58.7 Å². The van der Waals surface area contributed by atoms with Gasteiger partial charge in [-0.05, 0) is 30.3 Å². The number of carbonyl (C=O) groups excluding carboxylic acids is 1. The summed E-state index contributed by atoms with van der Waals surface area (Å²) in [6, 6.07) is 15.1. The van der Waals surface area contributed by atoms with E-state index in [0.29, 0.717) is 10.5 Å². The molecule has 2 N–H and O–H groups in total. The molecule has 0 aliphatic rings. The summed E-state index contributed by atoms with van der Waals surface area (Å²) >= 11 is 4.79. The van der Waals surface area contributed by atoms with Crippen molar-refractivity contribution >= 4 is 44.6 Å². The molecule has 2 aromatic carbocycles. The standard InChI is InChI=1S/C15H10BrN3OS/c16-9-4-3-5-10(8-9)21-15-13(14(17)20)18-11-6-1-2-7-12(11)19-15/h1-8H,(H2,17,20). The monoisotopic (exact) mass is 359 g/mol. The second-order valence-electron chi connectivity index (χ2n) is 4.29. The molecule has 0 spiro atoms. The molecule has 1 heterocycles. The number of hydrogen-bond donors (Lipinski definition) is 1. The van der Waals surface area contributed by atoms with E-state index in [0.717, 1.165) is 14.9 Å². The molecule has 3 aromatic rings. The molecule has 0 unspecified atom stereocenters. The lowest BCUT2D eigenvalue weighted by Gasteiger charge is -2.07. The van der Waals surface area contributed by atoms with Crippen LogP contribution in [0, 0.1) is 0 Å². The van der Waals surface area contributed by atoms with Crippen molar-refractivity contribution in [2.45, 2.75) is 9.92 Å².